The first-order valence-electron chi connectivity index (χ1n) is 8.90. The van der Waals surface area contributed by atoms with Crippen LogP contribution in [0.5, 0.6) is 0 Å². The van der Waals surface area contributed by atoms with Crippen molar-refractivity contribution in [2.45, 2.75) is 20.3 Å². The minimum absolute atomic E-state index is 0.175. The van der Waals surface area contributed by atoms with Gasteiger partial charge in [0.1, 0.15) is 5.69 Å². The molecule has 1 heterocycles. The van der Waals surface area contributed by atoms with E-state index >= 15 is 0 Å². The zero-order valence-corrected chi connectivity index (χ0v) is 16.4. The molecule has 0 aliphatic heterocycles. The van der Waals surface area contributed by atoms with Crippen LogP contribution in [0.4, 0.5) is 11.4 Å². The Morgan fingerprint density at radius 3 is 2.46 bits per heavy atom. The van der Waals surface area contributed by atoms with E-state index in [1.807, 2.05) is 32.0 Å². The Balaban J connectivity index is 1.78. The molecule has 1 aromatic heterocycles. The lowest BCUT2D eigenvalue weighted by Crippen LogP contribution is -2.18. The second-order valence-electron chi connectivity index (χ2n) is 6.31. The zero-order valence-electron chi connectivity index (χ0n) is 15.6. The van der Waals surface area contributed by atoms with E-state index in [0.29, 0.717) is 16.3 Å². The first kappa shape index (κ1) is 19.6. The van der Waals surface area contributed by atoms with Crippen molar-refractivity contribution in [2.24, 2.45) is 0 Å². The van der Waals surface area contributed by atoms with E-state index < -0.39 is 0 Å². The van der Waals surface area contributed by atoms with Crippen molar-refractivity contribution in [1.82, 2.24) is 4.98 Å². The van der Waals surface area contributed by atoms with Gasteiger partial charge in [0.2, 0.25) is 0 Å². The molecule has 0 unspecified atom stereocenters. The highest BCUT2D eigenvalue weighted by Crippen LogP contribution is 2.22. The fourth-order valence-corrected chi connectivity index (χ4v) is 2.94. The second-order valence-corrected chi connectivity index (χ2v) is 6.74. The highest BCUT2D eigenvalue weighted by atomic mass is 35.5. The maximum atomic E-state index is 12.7. The quantitative estimate of drug-likeness (QED) is 0.632. The van der Waals surface area contributed by atoms with Gasteiger partial charge in [-0.1, -0.05) is 36.7 Å². The van der Waals surface area contributed by atoms with Gasteiger partial charge >= 0.3 is 0 Å². The first-order chi connectivity index (χ1) is 13.5. The van der Waals surface area contributed by atoms with Gasteiger partial charge < -0.3 is 10.6 Å². The molecule has 0 aliphatic carbocycles. The Labute approximate surface area is 168 Å². The van der Waals surface area contributed by atoms with Crippen molar-refractivity contribution in [3.8, 4) is 0 Å². The summed E-state index contributed by atoms with van der Waals surface area (Å²) in [5.41, 5.74) is 3.94. The molecule has 3 rings (SSSR count). The molecule has 0 radical (unpaired) electrons. The number of benzene rings is 2. The van der Waals surface area contributed by atoms with Gasteiger partial charge in [0.25, 0.3) is 11.8 Å². The third kappa shape index (κ3) is 4.56. The van der Waals surface area contributed by atoms with Crippen LogP contribution >= 0.6 is 11.6 Å². The second kappa shape index (κ2) is 8.67. The topological polar surface area (TPSA) is 71.1 Å². The highest BCUT2D eigenvalue weighted by molar-refractivity contribution is 6.30. The van der Waals surface area contributed by atoms with E-state index in [4.69, 9.17) is 11.6 Å². The minimum atomic E-state index is -0.356. The number of carbonyl (C=O) groups is 2. The minimum Gasteiger partial charge on any atom is -0.322 e. The lowest BCUT2D eigenvalue weighted by atomic mass is 10.1. The number of anilines is 2. The van der Waals surface area contributed by atoms with Gasteiger partial charge in [0.05, 0.1) is 0 Å². The van der Waals surface area contributed by atoms with Gasteiger partial charge in [-0.15, -0.1) is 0 Å². The van der Waals surface area contributed by atoms with E-state index in [2.05, 4.69) is 15.6 Å². The summed E-state index contributed by atoms with van der Waals surface area (Å²) in [6.07, 6.45) is 2.25. The molecule has 0 spiro atoms. The van der Waals surface area contributed by atoms with Gasteiger partial charge in [-0.05, 0) is 60.9 Å². The fraction of sp³-hybridized carbons (Fsp3) is 0.136. The molecular weight excluding hydrogens is 374 g/mol. The van der Waals surface area contributed by atoms with Crippen molar-refractivity contribution in [3.63, 3.8) is 0 Å². The number of pyridine rings is 1. The summed E-state index contributed by atoms with van der Waals surface area (Å²) in [5, 5.41) is 6.28. The molecule has 2 amide bonds. The van der Waals surface area contributed by atoms with Gasteiger partial charge in [-0.3, -0.25) is 14.6 Å². The summed E-state index contributed by atoms with van der Waals surface area (Å²) in [6, 6.07) is 15.7. The molecular formula is C22H20ClN3O2. The molecule has 0 atom stereocenters. The van der Waals surface area contributed by atoms with E-state index in [9.17, 15) is 9.59 Å². The molecule has 0 saturated carbocycles. The van der Waals surface area contributed by atoms with Crippen LogP contribution in [0.15, 0.2) is 60.8 Å². The summed E-state index contributed by atoms with van der Waals surface area (Å²) in [6.45, 7) is 3.97. The van der Waals surface area contributed by atoms with Crippen LogP contribution < -0.4 is 10.6 Å². The van der Waals surface area contributed by atoms with Crippen LogP contribution in [0.2, 0.25) is 5.02 Å². The molecule has 28 heavy (non-hydrogen) atoms. The predicted molar refractivity (Wildman–Crippen MR) is 112 cm³/mol. The standard InChI is InChI=1S/C22H20ClN3O2/c1-3-15-6-4-5-14(2)20(15)26-22(28)19-13-16(11-12-24-19)21(27)25-18-9-7-17(23)8-10-18/h4-13H,3H2,1-2H3,(H,25,27)(H,26,28). The molecule has 0 bridgehead atoms. The van der Waals surface area contributed by atoms with Crippen molar-refractivity contribution in [3.05, 3.63) is 88.2 Å². The van der Waals surface area contributed by atoms with Crippen LogP contribution in [-0.2, 0) is 6.42 Å². The highest BCUT2D eigenvalue weighted by Gasteiger charge is 2.14. The third-order valence-electron chi connectivity index (χ3n) is 4.34. The number of aryl methyl sites for hydroxylation is 2. The Morgan fingerprint density at radius 1 is 1.00 bits per heavy atom. The number of nitrogens with zero attached hydrogens (tertiary/aromatic N) is 1. The summed E-state index contributed by atoms with van der Waals surface area (Å²) in [4.78, 5) is 29.3. The molecule has 0 aliphatic rings. The summed E-state index contributed by atoms with van der Waals surface area (Å²) >= 11 is 5.85. The molecule has 0 fully saturated rings. The number of rotatable bonds is 5. The molecule has 0 saturated heterocycles. The van der Waals surface area contributed by atoms with Gasteiger partial charge in [0, 0.05) is 28.2 Å². The number of nitrogens with one attached hydrogen (secondary N) is 2. The van der Waals surface area contributed by atoms with Crippen molar-refractivity contribution in [1.29, 1.82) is 0 Å². The molecule has 3 aromatic rings. The zero-order chi connectivity index (χ0) is 20.1. The number of para-hydroxylation sites is 1. The average Bonchev–Trinajstić information content (AvgIpc) is 2.71. The molecule has 2 aromatic carbocycles. The number of hydrogen-bond donors (Lipinski definition) is 2. The van der Waals surface area contributed by atoms with Gasteiger partial charge in [-0.2, -0.15) is 0 Å². The SMILES string of the molecule is CCc1cccc(C)c1NC(=O)c1cc(C(=O)Nc2ccc(Cl)cc2)ccn1. The maximum absolute atomic E-state index is 12.7. The van der Waals surface area contributed by atoms with E-state index in [-0.39, 0.29) is 17.5 Å². The third-order valence-corrected chi connectivity index (χ3v) is 4.59. The number of hydrogen-bond acceptors (Lipinski definition) is 3. The average molecular weight is 394 g/mol. The smallest absolute Gasteiger partial charge is 0.274 e. The van der Waals surface area contributed by atoms with Crippen LogP contribution in [0, 0.1) is 6.92 Å². The summed E-state index contributed by atoms with van der Waals surface area (Å²) < 4.78 is 0. The maximum Gasteiger partial charge on any atom is 0.274 e. The van der Waals surface area contributed by atoms with Crippen molar-refractivity contribution in [2.75, 3.05) is 10.6 Å². The predicted octanol–water partition coefficient (Wildman–Crippen LogP) is 5.11. The van der Waals surface area contributed by atoms with E-state index in [1.165, 1.54) is 12.3 Å². The number of amides is 2. The largest absolute Gasteiger partial charge is 0.322 e. The Bertz CT molecular complexity index is 1020. The van der Waals surface area contributed by atoms with Crippen molar-refractivity contribution >= 4 is 34.8 Å². The van der Waals surface area contributed by atoms with Crippen LogP contribution in [0.1, 0.15) is 38.9 Å². The fourth-order valence-electron chi connectivity index (χ4n) is 2.81. The van der Waals surface area contributed by atoms with Crippen LogP contribution in [0.3, 0.4) is 0 Å². The van der Waals surface area contributed by atoms with Crippen molar-refractivity contribution < 1.29 is 9.59 Å². The summed E-state index contributed by atoms with van der Waals surface area (Å²) in [7, 11) is 0. The number of halogens is 1. The lowest BCUT2D eigenvalue weighted by Gasteiger charge is -2.13. The lowest BCUT2D eigenvalue weighted by molar-refractivity contribution is 0.102. The Hall–Kier alpha value is -3.18. The van der Waals surface area contributed by atoms with E-state index in [1.54, 1.807) is 30.3 Å². The van der Waals surface area contributed by atoms with E-state index in [0.717, 1.165) is 23.2 Å². The number of aromatic nitrogens is 1. The summed E-state index contributed by atoms with van der Waals surface area (Å²) in [5.74, 6) is -0.686. The number of carbonyl (C=O) groups excluding carboxylic acids is 2. The van der Waals surface area contributed by atoms with Gasteiger partial charge in [0.15, 0.2) is 0 Å². The van der Waals surface area contributed by atoms with Crippen LogP contribution in [0.25, 0.3) is 0 Å². The Morgan fingerprint density at radius 2 is 1.75 bits per heavy atom. The Kier molecular flexibility index (Phi) is 6.06. The molecule has 6 heteroatoms. The monoisotopic (exact) mass is 393 g/mol. The van der Waals surface area contributed by atoms with Crippen LogP contribution in [-0.4, -0.2) is 16.8 Å². The first-order valence-corrected chi connectivity index (χ1v) is 9.28. The normalized spacial score (nSPS) is 10.4. The van der Waals surface area contributed by atoms with Gasteiger partial charge in [-0.25, -0.2) is 0 Å². The molecule has 2 N–H and O–H groups in total. The molecule has 5 nitrogen and oxygen atoms in total. The molecule has 142 valence electrons.